The SMILES string of the molecule is Cc1ccc(N(CC(=O)O)C(=O)c2cccc(CC3SC(N)=NC3=O)c2)cc1. The van der Waals surface area contributed by atoms with Gasteiger partial charge in [-0.3, -0.25) is 19.3 Å². The Bertz CT molecular complexity index is 956. The fraction of sp³-hybridized carbons (Fsp3) is 0.200. The molecular weight excluding hydrogens is 378 g/mol. The number of amidine groups is 1. The molecule has 2 amide bonds. The molecule has 0 saturated carbocycles. The fourth-order valence-corrected chi connectivity index (χ4v) is 3.74. The monoisotopic (exact) mass is 397 g/mol. The number of carbonyl (C=O) groups is 3. The van der Waals surface area contributed by atoms with Crippen molar-refractivity contribution in [3.8, 4) is 0 Å². The van der Waals surface area contributed by atoms with Crippen LogP contribution in [0.15, 0.2) is 53.5 Å². The highest BCUT2D eigenvalue weighted by Crippen LogP contribution is 2.25. The number of anilines is 1. The Morgan fingerprint density at radius 2 is 1.93 bits per heavy atom. The Kier molecular flexibility index (Phi) is 5.79. The van der Waals surface area contributed by atoms with E-state index < -0.39 is 23.7 Å². The van der Waals surface area contributed by atoms with Crippen LogP contribution in [0.3, 0.4) is 0 Å². The summed E-state index contributed by atoms with van der Waals surface area (Å²) in [7, 11) is 0. The maximum absolute atomic E-state index is 13.0. The van der Waals surface area contributed by atoms with Gasteiger partial charge in [0, 0.05) is 11.3 Å². The third-order valence-electron chi connectivity index (χ3n) is 4.24. The number of amides is 2. The number of nitrogens with zero attached hydrogens (tertiary/aromatic N) is 2. The molecule has 8 heteroatoms. The zero-order valence-electron chi connectivity index (χ0n) is 15.2. The maximum atomic E-state index is 13.0. The number of thioether (sulfide) groups is 1. The molecule has 0 aromatic heterocycles. The predicted octanol–water partition coefficient (Wildman–Crippen LogP) is 2.23. The Morgan fingerprint density at radius 3 is 2.54 bits per heavy atom. The first-order chi connectivity index (χ1) is 13.3. The summed E-state index contributed by atoms with van der Waals surface area (Å²) in [5.41, 5.74) is 8.23. The lowest BCUT2D eigenvalue weighted by Gasteiger charge is -2.21. The summed E-state index contributed by atoms with van der Waals surface area (Å²) in [6, 6.07) is 13.9. The van der Waals surface area contributed by atoms with Crippen LogP contribution in [0.4, 0.5) is 5.69 Å². The number of hydrogen-bond donors (Lipinski definition) is 2. The Hall–Kier alpha value is -3.13. The highest BCUT2D eigenvalue weighted by Gasteiger charge is 2.27. The van der Waals surface area contributed by atoms with Crippen molar-refractivity contribution in [1.29, 1.82) is 0 Å². The largest absolute Gasteiger partial charge is 0.480 e. The van der Waals surface area contributed by atoms with Crippen LogP contribution in [0, 0.1) is 6.92 Å². The molecule has 144 valence electrons. The molecule has 0 spiro atoms. The Labute approximate surface area is 166 Å². The van der Waals surface area contributed by atoms with Crippen molar-refractivity contribution in [1.82, 2.24) is 0 Å². The van der Waals surface area contributed by atoms with Gasteiger partial charge in [-0.2, -0.15) is 4.99 Å². The second-order valence-electron chi connectivity index (χ2n) is 6.42. The maximum Gasteiger partial charge on any atom is 0.323 e. The van der Waals surface area contributed by atoms with Crippen molar-refractivity contribution in [2.45, 2.75) is 18.6 Å². The zero-order chi connectivity index (χ0) is 20.3. The van der Waals surface area contributed by atoms with Gasteiger partial charge in [0.2, 0.25) is 0 Å². The molecule has 1 aliphatic rings. The molecule has 0 bridgehead atoms. The molecule has 1 unspecified atom stereocenters. The van der Waals surface area contributed by atoms with Crippen molar-refractivity contribution >= 4 is 40.4 Å². The highest BCUT2D eigenvalue weighted by molar-refractivity contribution is 8.15. The minimum atomic E-state index is -1.11. The van der Waals surface area contributed by atoms with Crippen LogP contribution in [0.5, 0.6) is 0 Å². The number of carboxylic acids is 1. The third kappa shape index (κ3) is 4.58. The number of aliphatic carboxylic acids is 1. The molecule has 0 saturated heterocycles. The average molecular weight is 397 g/mol. The normalized spacial score (nSPS) is 16.0. The van der Waals surface area contributed by atoms with E-state index in [-0.39, 0.29) is 11.1 Å². The van der Waals surface area contributed by atoms with Crippen LogP contribution in [0.1, 0.15) is 21.5 Å². The van der Waals surface area contributed by atoms with Crippen LogP contribution < -0.4 is 10.6 Å². The van der Waals surface area contributed by atoms with Gasteiger partial charge in [0.1, 0.15) is 6.54 Å². The van der Waals surface area contributed by atoms with Crippen LogP contribution in [-0.4, -0.2) is 39.9 Å². The lowest BCUT2D eigenvalue weighted by molar-refractivity contribution is -0.135. The van der Waals surface area contributed by atoms with Gasteiger partial charge in [0.05, 0.1) is 5.25 Å². The van der Waals surface area contributed by atoms with Gasteiger partial charge in [-0.15, -0.1) is 0 Å². The van der Waals surface area contributed by atoms with Crippen molar-refractivity contribution in [2.24, 2.45) is 10.7 Å². The zero-order valence-corrected chi connectivity index (χ0v) is 16.0. The molecule has 1 atom stereocenters. The minimum Gasteiger partial charge on any atom is -0.480 e. The number of benzene rings is 2. The second-order valence-corrected chi connectivity index (χ2v) is 7.64. The molecule has 0 fully saturated rings. The summed E-state index contributed by atoms with van der Waals surface area (Å²) in [6.07, 6.45) is 0.387. The number of nitrogens with two attached hydrogens (primary N) is 1. The molecule has 0 radical (unpaired) electrons. The van der Waals surface area contributed by atoms with E-state index >= 15 is 0 Å². The van der Waals surface area contributed by atoms with Crippen molar-refractivity contribution in [2.75, 3.05) is 11.4 Å². The van der Waals surface area contributed by atoms with Crippen molar-refractivity contribution < 1.29 is 19.5 Å². The molecule has 3 N–H and O–H groups in total. The summed E-state index contributed by atoms with van der Waals surface area (Å²) in [4.78, 5) is 41.1. The number of carboxylic acid groups (broad SMARTS) is 1. The molecule has 7 nitrogen and oxygen atoms in total. The van der Waals surface area contributed by atoms with E-state index in [1.165, 1.54) is 16.7 Å². The first kappa shape index (κ1) is 19.6. The average Bonchev–Trinajstić information content (AvgIpc) is 2.97. The number of aryl methyl sites for hydroxylation is 1. The van der Waals surface area contributed by atoms with Gasteiger partial charge < -0.3 is 10.8 Å². The van der Waals surface area contributed by atoms with Crippen molar-refractivity contribution in [3.63, 3.8) is 0 Å². The summed E-state index contributed by atoms with van der Waals surface area (Å²) in [5, 5.41) is 9.07. The van der Waals surface area contributed by atoms with Gasteiger partial charge in [-0.25, -0.2) is 0 Å². The lowest BCUT2D eigenvalue weighted by Crippen LogP contribution is -2.35. The molecule has 1 heterocycles. The third-order valence-corrected chi connectivity index (χ3v) is 5.22. The smallest absolute Gasteiger partial charge is 0.323 e. The fourth-order valence-electron chi connectivity index (χ4n) is 2.87. The van der Waals surface area contributed by atoms with Crippen LogP contribution in [0.25, 0.3) is 0 Å². The van der Waals surface area contributed by atoms with E-state index in [9.17, 15) is 19.5 Å². The molecule has 1 aliphatic heterocycles. The van der Waals surface area contributed by atoms with Gasteiger partial charge in [-0.05, 0) is 43.2 Å². The van der Waals surface area contributed by atoms with Gasteiger partial charge in [0.25, 0.3) is 11.8 Å². The number of hydrogen-bond acceptors (Lipinski definition) is 5. The van der Waals surface area contributed by atoms with E-state index in [0.717, 1.165) is 11.1 Å². The number of rotatable bonds is 6. The van der Waals surface area contributed by atoms with E-state index in [2.05, 4.69) is 4.99 Å². The van der Waals surface area contributed by atoms with Crippen LogP contribution in [-0.2, 0) is 16.0 Å². The van der Waals surface area contributed by atoms with E-state index in [1.807, 2.05) is 25.1 Å². The van der Waals surface area contributed by atoms with Crippen LogP contribution >= 0.6 is 11.8 Å². The predicted molar refractivity (Wildman–Crippen MR) is 109 cm³/mol. The highest BCUT2D eigenvalue weighted by atomic mass is 32.2. The second kappa shape index (κ2) is 8.26. The lowest BCUT2D eigenvalue weighted by atomic mass is 10.0. The molecule has 2 aromatic carbocycles. The molecule has 0 aliphatic carbocycles. The summed E-state index contributed by atoms with van der Waals surface area (Å²) in [5.74, 6) is -1.81. The van der Waals surface area contributed by atoms with Gasteiger partial charge in [-0.1, -0.05) is 41.6 Å². The summed E-state index contributed by atoms with van der Waals surface area (Å²) < 4.78 is 0. The first-order valence-electron chi connectivity index (χ1n) is 8.57. The quantitative estimate of drug-likeness (QED) is 0.773. The van der Waals surface area contributed by atoms with Crippen molar-refractivity contribution in [3.05, 3.63) is 65.2 Å². The standard InChI is InChI=1S/C20H19N3O4S/c1-12-5-7-15(8-6-12)23(11-17(24)25)19(27)14-4-2-3-13(9-14)10-16-18(26)22-20(21)28-16/h2-9,16H,10-11H2,1H3,(H,24,25)(H2,21,22,26). The van der Waals surface area contributed by atoms with Gasteiger partial charge >= 0.3 is 5.97 Å². The molecule has 3 rings (SSSR count). The van der Waals surface area contributed by atoms with Crippen LogP contribution in [0.2, 0.25) is 0 Å². The molecule has 28 heavy (non-hydrogen) atoms. The van der Waals surface area contributed by atoms with E-state index in [4.69, 9.17) is 5.73 Å². The summed E-state index contributed by atoms with van der Waals surface area (Å²) >= 11 is 1.20. The Morgan fingerprint density at radius 1 is 1.21 bits per heavy atom. The molecule has 2 aromatic rings. The summed E-state index contributed by atoms with van der Waals surface area (Å²) in [6.45, 7) is 1.46. The van der Waals surface area contributed by atoms with Gasteiger partial charge in [0.15, 0.2) is 5.17 Å². The number of carbonyl (C=O) groups excluding carboxylic acids is 2. The minimum absolute atomic E-state index is 0.245. The topological polar surface area (TPSA) is 113 Å². The number of aliphatic imine (C=N–C) groups is 1. The first-order valence-corrected chi connectivity index (χ1v) is 9.45. The Balaban J connectivity index is 1.84. The van der Waals surface area contributed by atoms with E-state index in [0.29, 0.717) is 17.7 Å². The molecular formula is C20H19N3O4S. The van der Waals surface area contributed by atoms with E-state index in [1.54, 1.807) is 30.3 Å².